The minimum absolute atomic E-state index is 0.626. The van der Waals surface area contributed by atoms with Gasteiger partial charge in [-0.1, -0.05) is 18.2 Å². The fourth-order valence-electron chi connectivity index (χ4n) is 2.38. The Balaban J connectivity index is 1.56. The van der Waals surface area contributed by atoms with Gasteiger partial charge >= 0.3 is 0 Å². The van der Waals surface area contributed by atoms with E-state index in [2.05, 4.69) is 26.7 Å². The number of nitrogens with one attached hydrogen (secondary N) is 2. The standard InChI is InChI=1S/C17H21N5OS/c1-3-23-15-7-5-4-6-13(15)10-19-16(18-2)20-11-14-12-22-8-9-24-17(22)21-14/h4-9,12H,3,10-11H2,1-2H3,(H2,18,19,20). The van der Waals surface area contributed by atoms with Crippen LogP contribution in [0.5, 0.6) is 5.75 Å². The molecular formula is C17H21N5OS. The topological polar surface area (TPSA) is 63.0 Å². The van der Waals surface area contributed by atoms with Crippen LogP contribution in [-0.2, 0) is 13.1 Å². The number of hydrogen-bond donors (Lipinski definition) is 2. The Morgan fingerprint density at radius 2 is 2.12 bits per heavy atom. The van der Waals surface area contributed by atoms with Gasteiger partial charge in [0.05, 0.1) is 18.8 Å². The molecule has 6 nitrogen and oxygen atoms in total. The van der Waals surface area contributed by atoms with Crippen LogP contribution in [0, 0.1) is 0 Å². The summed E-state index contributed by atoms with van der Waals surface area (Å²) in [5.41, 5.74) is 2.09. The highest BCUT2D eigenvalue weighted by Crippen LogP contribution is 2.17. The van der Waals surface area contributed by atoms with Crippen LogP contribution >= 0.6 is 11.3 Å². The number of hydrogen-bond acceptors (Lipinski definition) is 4. The summed E-state index contributed by atoms with van der Waals surface area (Å²) in [5, 5.41) is 8.62. The number of para-hydroxylation sites is 1. The quantitative estimate of drug-likeness (QED) is 0.533. The lowest BCUT2D eigenvalue weighted by molar-refractivity contribution is 0.336. The van der Waals surface area contributed by atoms with E-state index < -0.39 is 0 Å². The van der Waals surface area contributed by atoms with Crippen molar-refractivity contribution in [2.24, 2.45) is 4.99 Å². The largest absolute Gasteiger partial charge is 0.494 e. The second kappa shape index (κ2) is 7.83. The first kappa shape index (κ1) is 16.3. The van der Waals surface area contributed by atoms with Crippen LogP contribution in [0.2, 0.25) is 0 Å². The summed E-state index contributed by atoms with van der Waals surface area (Å²) < 4.78 is 7.67. The molecule has 24 heavy (non-hydrogen) atoms. The normalized spacial score (nSPS) is 11.7. The molecule has 0 fully saturated rings. The molecule has 0 amide bonds. The van der Waals surface area contributed by atoms with E-state index in [4.69, 9.17) is 4.74 Å². The highest BCUT2D eigenvalue weighted by atomic mass is 32.1. The summed E-state index contributed by atoms with van der Waals surface area (Å²) in [6.45, 7) is 3.91. The number of ether oxygens (including phenoxy) is 1. The number of imidazole rings is 1. The molecule has 3 rings (SSSR count). The fourth-order valence-corrected chi connectivity index (χ4v) is 3.10. The molecular weight excluding hydrogens is 322 g/mol. The van der Waals surface area contributed by atoms with E-state index in [-0.39, 0.29) is 0 Å². The Hall–Kier alpha value is -2.54. The van der Waals surface area contributed by atoms with Crippen molar-refractivity contribution < 1.29 is 4.74 Å². The molecule has 2 N–H and O–H groups in total. The average Bonchev–Trinajstić information content (AvgIpc) is 3.18. The number of aliphatic imine (C=N–C) groups is 1. The molecule has 0 saturated carbocycles. The van der Waals surface area contributed by atoms with E-state index in [9.17, 15) is 0 Å². The van der Waals surface area contributed by atoms with Crippen LogP contribution in [0.3, 0.4) is 0 Å². The second-order valence-electron chi connectivity index (χ2n) is 5.15. The molecule has 0 radical (unpaired) electrons. The summed E-state index contributed by atoms with van der Waals surface area (Å²) in [5.74, 6) is 1.63. The number of benzene rings is 1. The minimum Gasteiger partial charge on any atom is -0.494 e. The van der Waals surface area contributed by atoms with E-state index in [1.165, 1.54) is 0 Å². The van der Waals surface area contributed by atoms with Gasteiger partial charge in [-0.3, -0.25) is 9.39 Å². The molecule has 0 aliphatic rings. The third kappa shape index (κ3) is 3.86. The van der Waals surface area contributed by atoms with Gasteiger partial charge in [-0.25, -0.2) is 4.98 Å². The molecule has 0 atom stereocenters. The number of nitrogens with zero attached hydrogens (tertiary/aromatic N) is 3. The molecule has 0 spiro atoms. The lowest BCUT2D eigenvalue weighted by Gasteiger charge is -2.13. The van der Waals surface area contributed by atoms with Crippen molar-refractivity contribution in [2.75, 3.05) is 13.7 Å². The maximum Gasteiger partial charge on any atom is 0.193 e. The molecule has 0 aliphatic carbocycles. The first-order valence-electron chi connectivity index (χ1n) is 7.86. The molecule has 0 unspecified atom stereocenters. The van der Waals surface area contributed by atoms with Gasteiger partial charge in [-0.05, 0) is 13.0 Å². The third-order valence-electron chi connectivity index (χ3n) is 3.52. The van der Waals surface area contributed by atoms with Gasteiger partial charge < -0.3 is 15.4 Å². The summed E-state index contributed by atoms with van der Waals surface area (Å²) in [4.78, 5) is 9.81. The summed E-state index contributed by atoms with van der Waals surface area (Å²) in [7, 11) is 1.76. The lowest BCUT2D eigenvalue weighted by atomic mass is 10.2. The molecule has 7 heteroatoms. The van der Waals surface area contributed by atoms with Gasteiger partial charge in [0.2, 0.25) is 0 Å². The van der Waals surface area contributed by atoms with Crippen LogP contribution in [0.25, 0.3) is 4.96 Å². The van der Waals surface area contributed by atoms with Crippen molar-refractivity contribution in [3.05, 3.63) is 53.3 Å². The van der Waals surface area contributed by atoms with Crippen molar-refractivity contribution in [1.29, 1.82) is 0 Å². The minimum atomic E-state index is 0.626. The number of thiazole rings is 1. The number of fused-ring (bicyclic) bond motifs is 1. The third-order valence-corrected chi connectivity index (χ3v) is 4.29. The van der Waals surface area contributed by atoms with Crippen LogP contribution < -0.4 is 15.4 Å². The average molecular weight is 343 g/mol. The molecule has 0 saturated heterocycles. The van der Waals surface area contributed by atoms with Gasteiger partial charge in [-0.2, -0.15) is 0 Å². The number of rotatable bonds is 6. The van der Waals surface area contributed by atoms with Crippen LogP contribution in [0.1, 0.15) is 18.2 Å². The molecule has 0 aliphatic heterocycles. The number of guanidine groups is 1. The fraction of sp³-hybridized carbons (Fsp3) is 0.294. The second-order valence-corrected chi connectivity index (χ2v) is 6.02. The van der Waals surface area contributed by atoms with Crippen molar-refractivity contribution >= 4 is 22.3 Å². The van der Waals surface area contributed by atoms with E-state index in [1.54, 1.807) is 18.4 Å². The predicted molar refractivity (Wildman–Crippen MR) is 97.7 cm³/mol. The maximum atomic E-state index is 5.65. The lowest BCUT2D eigenvalue weighted by Crippen LogP contribution is -2.36. The molecule has 0 bridgehead atoms. The molecule has 1 aromatic carbocycles. The summed E-state index contributed by atoms with van der Waals surface area (Å²) >= 11 is 1.63. The summed E-state index contributed by atoms with van der Waals surface area (Å²) in [6, 6.07) is 8.02. The van der Waals surface area contributed by atoms with Crippen molar-refractivity contribution in [1.82, 2.24) is 20.0 Å². The first-order chi connectivity index (χ1) is 11.8. The zero-order valence-electron chi connectivity index (χ0n) is 13.8. The zero-order valence-corrected chi connectivity index (χ0v) is 14.6. The van der Waals surface area contributed by atoms with Crippen molar-refractivity contribution in [3.63, 3.8) is 0 Å². The SMILES string of the molecule is CCOc1ccccc1CNC(=NC)NCc1cn2ccsc2n1. The van der Waals surface area contributed by atoms with Crippen molar-refractivity contribution in [2.45, 2.75) is 20.0 Å². The Labute approximate surface area is 145 Å². The van der Waals surface area contributed by atoms with Crippen LogP contribution in [0.4, 0.5) is 0 Å². The number of aromatic nitrogens is 2. The smallest absolute Gasteiger partial charge is 0.193 e. The van der Waals surface area contributed by atoms with Gasteiger partial charge in [0, 0.05) is 36.9 Å². The molecule has 2 aromatic heterocycles. The van der Waals surface area contributed by atoms with E-state index in [0.717, 1.165) is 27.9 Å². The molecule has 3 aromatic rings. The highest BCUT2D eigenvalue weighted by molar-refractivity contribution is 7.15. The Kier molecular flexibility index (Phi) is 5.32. The molecule has 126 valence electrons. The van der Waals surface area contributed by atoms with Crippen LogP contribution in [-0.4, -0.2) is 29.0 Å². The van der Waals surface area contributed by atoms with Gasteiger partial charge in [0.25, 0.3) is 0 Å². The van der Waals surface area contributed by atoms with E-state index >= 15 is 0 Å². The van der Waals surface area contributed by atoms with Gasteiger partial charge in [-0.15, -0.1) is 11.3 Å². The zero-order chi connectivity index (χ0) is 16.8. The Bertz CT molecular complexity index is 795. The summed E-state index contributed by atoms with van der Waals surface area (Å²) in [6.07, 6.45) is 4.03. The van der Waals surface area contributed by atoms with E-state index in [1.807, 2.05) is 47.3 Å². The molecule has 2 heterocycles. The Morgan fingerprint density at radius 1 is 1.29 bits per heavy atom. The van der Waals surface area contributed by atoms with E-state index in [0.29, 0.717) is 19.7 Å². The van der Waals surface area contributed by atoms with Crippen molar-refractivity contribution in [3.8, 4) is 5.75 Å². The van der Waals surface area contributed by atoms with Crippen LogP contribution in [0.15, 0.2) is 47.0 Å². The van der Waals surface area contributed by atoms with Gasteiger partial charge in [0.1, 0.15) is 5.75 Å². The monoisotopic (exact) mass is 343 g/mol. The maximum absolute atomic E-state index is 5.65. The predicted octanol–water partition coefficient (Wildman–Crippen LogP) is 2.66. The first-order valence-corrected chi connectivity index (χ1v) is 8.74. The Morgan fingerprint density at radius 3 is 2.92 bits per heavy atom. The van der Waals surface area contributed by atoms with Gasteiger partial charge in [0.15, 0.2) is 10.9 Å². The highest BCUT2D eigenvalue weighted by Gasteiger charge is 2.06.